The van der Waals surface area contributed by atoms with Crippen molar-refractivity contribution in [3.63, 3.8) is 0 Å². The lowest BCUT2D eigenvalue weighted by atomic mass is 10.4. The molecule has 0 aromatic heterocycles. The summed E-state index contributed by atoms with van der Waals surface area (Å²) < 4.78 is 0. The fourth-order valence-corrected chi connectivity index (χ4v) is 0.226. The van der Waals surface area contributed by atoms with Gasteiger partial charge in [0.05, 0.1) is 6.61 Å². The van der Waals surface area contributed by atoms with Crippen LogP contribution >= 0.6 is 0 Å². The van der Waals surface area contributed by atoms with Gasteiger partial charge in [0, 0.05) is 6.42 Å². The highest BCUT2D eigenvalue weighted by molar-refractivity contribution is 5.51. The minimum absolute atomic E-state index is 0.0217. The van der Waals surface area contributed by atoms with Crippen molar-refractivity contribution in [1.29, 1.82) is 0 Å². The maximum atomic E-state index is 9.55. The van der Waals surface area contributed by atoms with Gasteiger partial charge < -0.3 is 9.90 Å². The van der Waals surface area contributed by atoms with Gasteiger partial charge in [-0.1, -0.05) is 12.2 Å². The van der Waals surface area contributed by atoms with Gasteiger partial charge in [-0.15, -0.1) is 0 Å². The van der Waals surface area contributed by atoms with Crippen LogP contribution in [0.3, 0.4) is 0 Å². The average molecular weight is 100 g/mol. The van der Waals surface area contributed by atoms with E-state index in [-0.39, 0.29) is 6.61 Å². The van der Waals surface area contributed by atoms with Crippen molar-refractivity contribution in [1.82, 2.24) is 0 Å². The summed E-state index contributed by atoms with van der Waals surface area (Å²) in [5.41, 5.74) is 0. The van der Waals surface area contributed by atoms with E-state index >= 15 is 0 Å². The van der Waals surface area contributed by atoms with Crippen LogP contribution in [0.2, 0.25) is 0 Å². The third kappa shape index (κ3) is 5.37. The van der Waals surface area contributed by atoms with Crippen LogP contribution in [-0.4, -0.2) is 18.0 Å². The topological polar surface area (TPSA) is 37.3 Å². The van der Waals surface area contributed by atoms with Crippen LogP contribution in [0.1, 0.15) is 6.42 Å². The molecule has 0 heterocycles. The summed E-state index contributed by atoms with van der Waals surface area (Å²) in [4.78, 5) is 9.55. The first-order chi connectivity index (χ1) is 3.41. The fourth-order valence-electron chi connectivity index (χ4n) is 0.226. The Morgan fingerprint density at radius 1 is 1.43 bits per heavy atom. The van der Waals surface area contributed by atoms with Crippen LogP contribution in [0.25, 0.3) is 0 Å². The van der Waals surface area contributed by atoms with E-state index in [1.165, 1.54) is 6.08 Å². The summed E-state index contributed by atoms with van der Waals surface area (Å²) in [5, 5.41) is 8.09. The van der Waals surface area contributed by atoms with Crippen LogP contribution in [0.4, 0.5) is 0 Å². The Morgan fingerprint density at radius 2 is 2.14 bits per heavy atom. The summed E-state index contributed by atoms with van der Waals surface area (Å²) in [6.07, 6.45) is 4.34. The van der Waals surface area contributed by atoms with Gasteiger partial charge >= 0.3 is 0 Å². The SMILES string of the molecule is O=CC/C=C/CO. The molecule has 0 aliphatic carbocycles. The van der Waals surface area contributed by atoms with Crippen molar-refractivity contribution in [2.45, 2.75) is 6.42 Å². The molecule has 0 bridgehead atoms. The standard InChI is InChI=1S/C5H8O2/c6-4-2-1-3-5-7/h1-2,5-6H,3-4H2/b2-1+. The molecule has 1 N–H and O–H groups in total. The lowest BCUT2D eigenvalue weighted by molar-refractivity contribution is -0.107. The molecule has 0 fully saturated rings. The maximum absolute atomic E-state index is 9.55. The molecule has 0 atom stereocenters. The van der Waals surface area contributed by atoms with Gasteiger partial charge in [0.2, 0.25) is 0 Å². The molecular weight excluding hydrogens is 92.1 g/mol. The minimum Gasteiger partial charge on any atom is -0.392 e. The lowest BCUT2D eigenvalue weighted by Gasteiger charge is -1.72. The normalized spacial score (nSPS) is 9.86. The number of hydrogen-bond donors (Lipinski definition) is 1. The third-order valence-corrected chi connectivity index (χ3v) is 0.504. The zero-order valence-electron chi connectivity index (χ0n) is 4.00. The molecule has 0 saturated heterocycles. The quantitative estimate of drug-likeness (QED) is 0.404. The zero-order chi connectivity index (χ0) is 5.54. The molecule has 2 nitrogen and oxygen atoms in total. The second kappa shape index (κ2) is 5.37. The first kappa shape index (κ1) is 6.37. The van der Waals surface area contributed by atoms with Crippen molar-refractivity contribution in [2.75, 3.05) is 6.61 Å². The van der Waals surface area contributed by atoms with Gasteiger partial charge in [0.1, 0.15) is 6.29 Å². The van der Waals surface area contributed by atoms with Crippen molar-refractivity contribution in [3.05, 3.63) is 12.2 Å². The van der Waals surface area contributed by atoms with Gasteiger partial charge in [-0.25, -0.2) is 0 Å². The number of aliphatic hydroxyl groups excluding tert-OH is 1. The second-order valence-electron chi connectivity index (χ2n) is 1.06. The smallest absolute Gasteiger partial charge is 0.123 e. The van der Waals surface area contributed by atoms with Crippen molar-refractivity contribution >= 4 is 6.29 Å². The molecule has 0 aromatic carbocycles. The third-order valence-electron chi connectivity index (χ3n) is 0.504. The van der Waals surface area contributed by atoms with E-state index < -0.39 is 0 Å². The first-order valence-corrected chi connectivity index (χ1v) is 2.11. The highest BCUT2D eigenvalue weighted by Crippen LogP contribution is 1.73. The molecule has 7 heavy (non-hydrogen) atoms. The van der Waals surface area contributed by atoms with Gasteiger partial charge in [-0.05, 0) is 0 Å². The number of aldehydes is 1. The van der Waals surface area contributed by atoms with Gasteiger partial charge in [0.15, 0.2) is 0 Å². The molecule has 0 spiro atoms. The molecule has 2 heteroatoms. The number of carbonyl (C=O) groups is 1. The molecule has 0 aromatic rings. The van der Waals surface area contributed by atoms with Crippen molar-refractivity contribution in [3.8, 4) is 0 Å². The molecule has 40 valence electrons. The fraction of sp³-hybridized carbons (Fsp3) is 0.400. The molecule has 0 saturated carbocycles. The maximum Gasteiger partial charge on any atom is 0.123 e. The van der Waals surface area contributed by atoms with Gasteiger partial charge in [-0.2, -0.15) is 0 Å². The van der Waals surface area contributed by atoms with Gasteiger partial charge in [0.25, 0.3) is 0 Å². The number of aliphatic hydroxyl groups is 1. The second-order valence-corrected chi connectivity index (χ2v) is 1.06. The molecule has 0 aliphatic heterocycles. The predicted molar refractivity (Wildman–Crippen MR) is 26.9 cm³/mol. The Bertz CT molecular complexity index is 66.5. The summed E-state index contributed by atoms with van der Waals surface area (Å²) >= 11 is 0. The van der Waals surface area contributed by atoms with E-state index in [1.54, 1.807) is 6.08 Å². The Balaban J connectivity index is 2.92. The summed E-state index contributed by atoms with van der Waals surface area (Å²) in [6.45, 7) is 0.0217. The number of carbonyl (C=O) groups excluding carboxylic acids is 1. The largest absolute Gasteiger partial charge is 0.392 e. The number of hydrogen-bond acceptors (Lipinski definition) is 2. The van der Waals surface area contributed by atoms with E-state index in [9.17, 15) is 4.79 Å². The predicted octanol–water partition coefficient (Wildman–Crippen LogP) is 0.124. The molecule has 0 radical (unpaired) electrons. The molecular formula is C5H8O2. The van der Waals surface area contributed by atoms with Crippen molar-refractivity contribution in [2.24, 2.45) is 0 Å². The van der Waals surface area contributed by atoms with Crippen LogP contribution < -0.4 is 0 Å². The highest BCUT2D eigenvalue weighted by Gasteiger charge is 1.67. The van der Waals surface area contributed by atoms with E-state index in [2.05, 4.69) is 0 Å². The van der Waals surface area contributed by atoms with Crippen LogP contribution in [-0.2, 0) is 4.79 Å². The summed E-state index contributed by atoms with van der Waals surface area (Å²) in [7, 11) is 0. The van der Waals surface area contributed by atoms with E-state index in [0.29, 0.717) is 6.42 Å². The summed E-state index contributed by atoms with van der Waals surface area (Å²) in [6, 6.07) is 0. The van der Waals surface area contributed by atoms with Crippen LogP contribution in [0, 0.1) is 0 Å². The Kier molecular flexibility index (Phi) is 4.89. The monoisotopic (exact) mass is 100 g/mol. The van der Waals surface area contributed by atoms with Crippen molar-refractivity contribution < 1.29 is 9.90 Å². The lowest BCUT2D eigenvalue weighted by Crippen LogP contribution is -1.71. The molecule has 0 rings (SSSR count). The van der Waals surface area contributed by atoms with E-state index in [0.717, 1.165) is 6.29 Å². The minimum atomic E-state index is 0.0217. The highest BCUT2D eigenvalue weighted by atomic mass is 16.2. The molecule has 0 aliphatic rings. The van der Waals surface area contributed by atoms with Gasteiger partial charge in [-0.3, -0.25) is 0 Å². The average Bonchev–Trinajstić information content (AvgIpc) is 1.69. The number of allylic oxidation sites excluding steroid dienone is 1. The summed E-state index contributed by atoms with van der Waals surface area (Å²) in [5.74, 6) is 0. The van der Waals surface area contributed by atoms with E-state index in [4.69, 9.17) is 5.11 Å². The molecule has 0 amide bonds. The Morgan fingerprint density at radius 3 is 2.57 bits per heavy atom. The first-order valence-electron chi connectivity index (χ1n) is 2.11. The Hall–Kier alpha value is -0.630. The zero-order valence-corrected chi connectivity index (χ0v) is 4.00. The Labute approximate surface area is 42.5 Å². The molecule has 0 unspecified atom stereocenters. The van der Waals surface area contributed by atoms with E-state index in [1.807, 2.05) is 0 Å². The number of rotatable bonds is 3. The van der Waals surface area contributed by atoms with Crippen LogP contribution in [0.15, 0.2) is 12.2 Å². The van der Waals surface area contributed by atoms with Crippen LogP contribution in [0.5, 0.6) is 0 Å².